The van der Waals surface area contributed by atoms with Gasteiger partial charge < -0.3 is 18.9 Å². The van der Waals surface area contributed by atoms with E-state index in [-0.39, 0.29) is 5.91 Å². The number of rotatable bonds is 3. The van der Waals surface area contributed by atoms with Crippen LogP contribution in [0.25, 0.3) is 0 Å². The number of carbonyl (C=O) groups excluding carboxylic acids is 1. The summed E-state index contributed by atoms with van der Waals surface area (Å²) in [4.78, 5) is 24.2. The maximum absolute atomic E-state index is 12.7. The average Bonchev–Trinajstić information content (AvgIpc) is 3.21. The van der Waals surface area contributed by atoms with Crippen LogP contribution in [-0.2, 0) is 26.7 Å². The van der Waals surface area contributed by atoms with E-state index < -0.39 is 0 Å². The van der Waals surface area contributed by atoms with Crippen molar-refractivity contribution in [2.24, 2.45) is 7.05 Å². The fourth-order valence-corrected chi connectivity index (χ4v) is 3.64. The molecule has 0 spiro atoms. The van der Waals surface area contributed by atoms with E-state index in [1.807, 2.05) is 34.8 Å². The zero-order valence-corrected chi connectivity index (χ0v) is 15.1. The van der Waals surface area contributed by atoms with Gasteiger partial charge in [0.2, 0.25) is 0 Å². The molecule has 4 heterocycles. The second-order valence-corrected chi connectivity index (χ2v) is 7.15. The zero-order chi connectivity index (χ0) is 17.4. The molecule has 0 aliphatic carbocycles. The highest BCUT2D eigenvalue weighted by atomic mass is 16.2. The minimum Gasteiger partial charge on any atom is -0.347 e. The van der Waals surface area contributed by atoms with Crippen LogP contribution in [0.15, 0.2) is 24.5 Å². The normalized spacial score (nSPS) is 19.2. The van der Waals surface area contributed by atoms with E-state index in [0.717, 1.165) is 63.0 Å². The van der Waals surface area contributed by atoms with E-state index >= 15 is 0 Å². The van der Waals surface area contributed by atoms with Gasteiger partial charge in [-0.25, -0.2) is 4.98 Å². The van der Waals surface area contributed by atoms with Gasteiger partial charge in [-0.1, -0.05) is 0 Å². The molecular formula is C18H26N6O. The minimum atomic E-state index is 0.0855. The van der Waals surface area contributed by atoms with E-state index in [0.29, 0.717) is 6.54 Å². The van der Waals surface area contributed by atoms with Gasteiger partial charge in [0.15, 0.2) is 0 Å². The van der Waals surface area contributed by atoms with Gasteiger partial charge in [-0.15, -0.1) is 0 Å². The van der Waals surface area contributed by atoms with Gasteiger partial charge in [-0.05, 0) is 19.2 Å². The highest BCUT2D eigenvalue weighted by molar-refractivity contribution is 5.92. The topological polar surface area (TPSA) is 49.5 Å². The van der Waals surface area contributed by atoms with Crippen molar-refractivity contribution in [3.8, 4) is 0 Å². The SMILES string of the molecule is CN1CCN(Cc2cn3c(n2)CN(C(=O)c2cccn2C)CC3)CC1. The fourth-order valence-electron chi connectivity index (χ4n) is 3.64. The summed E-state index contributed by atoms with van der Waals surface area (Å²) in [7, 11) is 4.08. The number of piperazine rings is 1. The zero-order valence-electron chi connectivity index (χ0n) is 15.1. The minimum absolute atomic E-state index is 0.0855. The first kappa shape index (κ1) is 16.4. The maximum Gasteiger partial charge on any atom is 0.270 e. The van der Waals surface area contributed by atoms with Crippen molar-refractivity contribution >= 4 is 5.91 Å². The number of carbonyl (C=O) groups is 1. The van der Waals surface area contributed by atoms with Gasteiger partial charge in [-0.2, -0.15) is 0 Å². The molecule has 2 aromatic rings. The Kier molecular flexibility index (Phi) is 4.35. The van der Waals surface area contributed by atoms with E-state index in [9.17, 15) is 4.79 Å². The highest BCUT2D eigenvalue weighted by Gasteiger charge is 2.25. The molecular weight excluding hydrogens is 316 g/mol. The first-order valence-corrected chi connectivity index (χ1v) is 8.96. The highest BCUT2D eigenvalue weighted by Crippen LogP contribution is 2.17. The van der Waals surface area contributed by atoms with Crippen molar-refractivity contribution in [3.05, 3.63) is 41.7 Å². The molecule has 1 saturated heterocycles. The van der Waals surface area contributed by atoms with Crippen LogP contribution < -0.4 is 0 Å². The Hall–Kier alpha value is -2.12. The number of imidazole rings is 1. The van der Waals surface area contributed by atoms with Crippen LogP contribution in [0.5, 0.6) is 0 Å². The molecule has 1 fully saturated rings. The summed E-state index contributed by atoms with van der Waals surface area (Å²) in [6.07, 6.45) is 4.07. The van der Waals surface area contributed by atoms with Crippen LogP contribution in [0, 0.1) is 0 Å². The van der Waals surface area contributed by atoms with Gasteiger partial charge in [0, 0.05) is 65.3 Å². The van der Waals surface area contributed by atoms with Crippen molar-refractivity contribution in [3.63, 3.8) is 0 Å². The molecule has 25 heavy (non-hydrogen) atoms. The monoisotopic (exact) mass is 342 g/mol. The van der Waals surface area contributed by atoms with Crippen molar-refractivity contribution in [2.45, 2.75) is 19.6 Å². The Morgan fingerprint density at radius 2 is 1.92 bits per heavy atom. The number of hydrogen-bond donors (Lipinski definition) is 0. The van der Waals surface area contributed by atoms with Gasteiger partial charge in [0.1, 0.15) is 11.5 Å². The summed E-state index contributed by atoms with van der Waals surface area (Å²) in [5.74, 6) is 1.08. The summed E-state index contributed by atoms with van der Waals surface area (Å²) < 4.78 is 4.09. The van der Waals surface area contributed by atoms with Gasteiger partial charge in [0.25, 0.3) is 5.91 Å². The number of fused-ring (bicyclic) bond motifs is 1. The molecule has 0 unspecified atom stereocenters. The number of amides is 1. The van der Waals surface area contributed by atoms with Crippen LogP contribution in [0.1, 0.15) is 22.0 Å². The molecule has 0 N–H and O–H groups in total. The van der Waals surface area contributed by atoms with Gasteiger partial charge in [0.05, 0.1) is 12.2 Å². The Morgan fingerprint density at radius 3 is 2.64 bits per heavy atom. The quantitative estimate of drug-likeness (QED) is 0.821. The third-order valence-corrected chi connectivity index (χ3v) is 5.28. The lowest BCUT2D eigenvalue weighted by molar-refractivity contribution is 0.0698. The Labute approximate surface area is 148 Å². The Bertz CT molecular complexity index is 755. The summed E-state index contributed by atoms with van der Waals surface area (Å²) in [6, 6.07) is 3.79. The lowest BCUT2D eigenvalue weighted by atomic mass is 10.3. The standard InChI is InChI=1S/C18H26N6O/c1-20-6-8-22(9-7-20)12-15-13-23-10-11-24(14-17(23)19-15)18(25)16-4-3-5-21(16)2/h3-5,13H,6-12,14H2,1-2H3. The number of hydrogen-bond acceptors (Lipinski definition) is 4. The molecule has 0 atom stereocenters. The molecule has 1 amide bonds. The predicted molar refractivity (Wildman–Crippen MR) is 95.2 cm³/mol. The molecule has 2 aliphatic heterocycles. The van der Waals surface area contributed by atoms with Crippen molar-refractivity contribution in [2.75, 3.05) is 39.8 Å². The molecule has 0 aromatic carbocycles. The first-order chi connectivity index (χ1) is 12.1. The van der Waals surface area contributed by atoms with E-state index in [1.54, 1.807) is 0 Å². The van der Waals surface area contributed by atoms with Gasteiger partial charge in [-0.3, -0.25) is 9.69 Å². The van der Waals surface area contributed by atoms with Crippen LogP contribution >= 0.6 is 0 Å². The number of aryl methyl sites for hydroxylation is 1. The van der Waals surface area contributed by atoms with Crippen LogP contribution in [0.2, 0.25) is 0 Å². The van der Waals surface area contributed by atoms with Crippen molar-refractivity contribution < 1.29 is 4.79 Å². The molecule has 2 aromatic heterocycles. The fraction of sp³-hybridized carbons (Fsp3) is 0.556. The third-order valence-electron chi connectivity index (χ3n) is 5.28. The smallest absolute Gasteiger partial charge is 0.270 e. The number of nitrogens with zero attached hydrogens (tertiary/aromatic N) is 6. The average molecular weight is 342 g/mol. The molecule has 0 radical (unpaired) electrons. The second-order valence-electron chi connectivity index (χ2n) is 7.15. The van der Waals surface area contributed by atoms with Crippen LogP contribution in [0.4, 0.5) is 0 Å². The lowest BCUT2D eigenvalue weighted by Gasteiger charge is -2.31. The Balaban J connectivity index is 1.42. The molecule has 0 saturated carbocycles. The van der Waals surface area contributed by atoms with Crippen LogP contribution in [-0.4, -0.2) is 74.5 Å². The summed E-state index contributed by atoms with van der Waals surface area (Å²) >= 11 is 0. The van der Waals surface area contributed by atoms with E-state index in [2.05, 4.69) is 27.6 Å². The van der Waals surface area contributed by atoms with Crippen molar-refractivity contribution in [1.29, 1.82) is 0 Å². The predicted octanol–water partition coefficient (Wildman–Crippen LogP) is 0.625. The number of likely N-dealkylation sites (N-methyl/N-ethyl adjacent to an activating group) is 1. The number of aromatic nitrogens is 3. The summed E-state index contributed by atoms with van der Waals surface area (Å²) in [5.41, 5.74) is 1.85. The summed E-state index contributed by atoms with van der Waals surface area (Å²) in [5, 5.41) is 0. The Morgan fingerprint density at radius 1 is 1.12 bits per heavy atom. The molecule has 0 bridgehead atoms. The van der Waals surface area contributed by atoms with Crippen LogP contribution in [0.3, 0.4) is 0 Å². The summed E-state index contributed by atoms with van der Waals surface area (Å²) in [6.45, 7) is 7.47. The second kappa shape index (κ2) is 6.65. The first-order valence-electron chi connectivity index (χ1n) is 8.96. The third kappa shape index (κ3) is 3.34. The molecule has 134 valence electrons. The molecule has 7 heteroatoms. The maximum atomic E-state index is 12.7. The largest absolute Gasteiger partial charge is 0.347 e. The lowest BCUT2D eigenvalue weighted by Crippen LogP contribution is -2.43. The van der Waals surface area contributed by atoms with E-state index in [1.165, 1.54) is 0 Å². The molecule has 4 rings (SSSR count). The molecule has 7 nitrogen and oxygen atoms in total. The molecule has 2 aliphatic rings. The van der Waals surface area contributed by atoms with Gasteiger partial charge >= 0.3 is 0 Å². The van der Waals surface area contributed by atoms with E-state index in [4.69, 9.17) is 4.98 Å². The van der Waals surface area contributed by atoms with Crippen molar-refractivity contribution in [1.82, 2.24) is 28.8 Å².